The average Bonchev–Trinajstić information content (AvgIpc) is 3.30. The number of Topliss-reactive ketones (excluding diaryl/α,β-unsaturated/α-hetero) is 1. The van der Waals surface area contributed by atoms with Crippen LogP contribution in [0.25, 0.3) is 17.1 Å². The van der Waals surface area contributed by atoms with Gasteiger partial charge in [0.2, 0.25) is 11.7 Å². The zero-order valence-corrected chi connectivity index (χ0v) is 16.9. The Hall–Kier alpha value is -3.17. The van der Waals surface area contributed by atoms with Gasteiger partial charge in [-0.05, 0) is 31.6 Å². The van der Waals surface area contributed by atoms with E-state index in [0.717, 1.165) is 10.9 Å². The minimum absolute atomic E-state index is 0.0478. The van der Waals surface area contributed by atoms with E-state index in [1.54, 1.807) is 25.4 Å². The third-order valence-corrected chi connectivity index (χ3v) is 5.02. The van der Waals surface area contributed by atoms with Crippen molar-refractivity contribution < 1.29 is 23.8 Å². The van der Waals surface area contributed by atoms with Crippen LogP contribution in [0.3, 0.4) is 0 Å². The number of esters is 1. The van der Waals surface area contributed by atoms with E-state index >= 15 is 0 Å². The fourth-order valence-corrected chi connectivity index (χ4v) is 3.17. The Labute approximate surface area is 173 Å². The van der Waals surface area contributed by atoms with Crippen molar-refractivity contribution in [2.24, 2.45) is 0 Å². The summed E-state index contributed by atoms with van der Waals surface area (Å²) >= 11 is 0. The number of H-pyrrole nitrogens is 1. The van der Waals surface area contributed by atoms with Crippen LogP contribution < -0.4 is 5.43 Å². The van der Waals surface area contributed by atoms with Gasteiger partial charge in [0.15, 0.2) is 11.3 Å². The molecule has 1 unspecified atom stereocenters. The molecule has 4 rings (SSSR count). The van der Waals surface area contributed by atoms with E-state index in [0.29, 0.717) is 38.4 Å². The SMILES string of the molecule is CCC(C)OC(=O)C1=C(NN2CCOCC2)OC(=Cc2c[nH]c3ncccc23)C1=O. The fraction of sp³-hybridized carbons (Fsp3) is 0.381. The molecule has 0 amide bonds. The molecule has 2 aromatic heterocycles. The Balaban J connectivity index is 1.64. The number of nitrogens with zero attached hydrogens (tertiary/aromatic N) is 2. The van der Waals surface area contributed by atoms with E-state index in [9.17, 15) is 9.59 Å². The van der Waals surface area contributed by atoms with Gasteiger partial charge in [-0.2, -0.15) is 0 Å². The van der Waals surface area contributed by atoms with Crippen LogP contribution in [0.2, 0.25) is 0 Å². The van der Waals surface area contributed by atoms with Gasteiger partial charge in [0, 0.05) is 36.4 Å². The van der Waals surface area contributed by atoms with Crippen LogP contribution in [0, 0.1) is 0 Å². The van der Waals surface area contributed by atoms with Gasteiger partial charge >= 0.3 is 5.97 Å². The van der Waals surface area contributed by atoms with Gasteiger partial charge in [-0.15, -0.1) is 0 Å². The van der Waals surface area contributed by atoms with Crippen molar-refractivity contribution in [2.45, 2.75) is 26.4 Å². The number of carbonyl (C=O) groups is 2. The molecule has 2 N–H and O–H groups in total. The molecular weight excluding hydrogens is 388 g/mol. The molecule has 0 spiro atoms. The number of aromatic nitrogens is 2. The Morgan fingerprint density at radius 2 is 2.23 bits per heavy atom. The number of allylic oxidation sites excluding steroid dienone is 1. The third kappa shape index (κ3) is 4.07. The van der Waals surface area contributed by atoms with Crippen molar-refractivity contribution in [3.8, 4) is 0 Å². The number of aromatic amines is 1. The van der Waals surface area contributed by atoms with Crippen LogP contribution in [0.15, 0.2) is 41.7 Å². The first-order valence-corrected chi connectivity index (χ1v) is 9.97. The molecule has 2 aliphatic heterocycles. The summed E-state index contributed by atoms with van der Waals surface area (Å²) in [5.74, 6) is -1.09. The zero-order valence-electron chi connectivity index (χ0n) is 16.9. The quantitative estimate of drug-likeness (QED) is 0.421. The topological polar surface area (TPSA) is 106 Å². The molecule has 0 radical (unpaired) electrons. The van der Waals surface area contributed by atoms with E-state index in [1.165, 1.54) is 0 Å². The first kappa shape index (κ1) is 20.1. The Bertz CT molecular complexity index is 1020. The molecule has 4 heterocycles. The lowest BCUT2D eigenvalue weighted by atomic mass is 10.1. The number of carbonyl (C=O) groups excluding carboxylic acids is 2. The number of nitrogens with one attached hydrogen (secondary N) is 2. The van der Waals surface area contributed by atoms with Crippen LogP contribution >= 0.6 is 0 Å². The van der Waals surface area contributed by atoms with Gasteiger partial charge in [0.05, 0.1) is 19.3 Å². The second-order valence-electron chi connectivity index (χ2n) is 7.12. The lowest BCUT2D eigenvalue weighted by Gasteiger charge is -2.27. The molecule has 0 bridgehead atoms. The molecule has 0 aromatic carbocycles. The van der Waals surface area contributed by atoms with Gasteiger partial charge in [-0.1, -0.05) is 6.92 Å². The highest BCUT2D eigenvalue weighted by atomic mass is 16.6. The van der Waals surface area contributed by atoms with E-state index in [4.69, 9.17) is 14.2 Å². The van der Waals surface area contributed by atoms with Crippen LogP contribution in [0.5, 0.6) is 0 Å². The maximum atomic E-state index is 13.1. The Morgan fingerprint density at radius 3 is 3.00 bits per heavy atom. The zero-order chi connectivity index (χ0) is 21.1. The summed E-state index contributed by atoms with van der Waals surface area (Å²) < 4.78 is 16.6. The normalized spacial score (nSPS) is 19.9. The minimum Gasteiger partial charge on any atom is -0.459 e. The van der Waals surface area contributed by atoms with E-state index < -0.39 is 11.8 Å². The molecule has 30 heavy (non-hydrogen) atoms. The van der Waals surface area contributed by atoms with Gasteiger partial charge < -0.3 is 19.2 Å². The molecule has 2 aromatic rings. The fourth-order valence-electron chi connectivity index (χ4n) is 3.17. The Kier molecular flexibility index (Phi) is 5.82. The predicted octanol–water partition coefficient (Wildman–Crippen LogP) is 1.89. The number of ether oxygens (including phenoxy) is 3. The number of pyridine rings is 1. The number of morpholine rings is 1. The number of fused-ring (bicyclic) bond motifs is 1. The van der Waals surface area contributed by atoms with E-state index in [1.807, 2.05) is 24.1 Å². The van der Waals surface area contributed by atoms with Gasteiger partial charge in [-0.25, -0.2) is 14.8 Å². The smallest absolute Gasteiger partial charge is 0.348 e. The first-order chi connectivity index (χ1) is 14.6. The number of hydrazine groups is 1. The van der Waals surface area contributed by atoms with Crippen molar-refractivity contribution in [2.75, 3.05) is 26.3 Å². The monoisotopic (exact) mass is 412 g/mol. The van der Waals surface area contributed by atoms with Crippen LogP contribution in [0.1, 0.15) is 25.8 Å². The summed E-state index contributed by atoms with van der Waals surface area (Å²) in [6.45, 7) is 5.98. The van der Waals surface area contributed by atoms with Crippen LogP contribution in [-0.2, 0) is 23.8 Å². The van der Waals surface area contributed by atoms with E-state index in [2.05, 4.69) is 15.4 Å². The standard InChI is InChI=1S/C21H24N4O5/c1-3-13(2)29-21(27)17-18(26)16(30-20(17)24-25-7-9-28-10-8-25)11-14-12-23-19-15(14)5-4-6-22-19/h4-6,11-13,24H,3,7-10H2,1-2H3,(H,22,23). The number of ketones is 1. The second-order valence-corrected chi connectivity index (χ2v) is 7.12. The first-order valence-electron chi connectivity index (χ1n) is 9.97. The molecule has 1 saturated heterocycles. The minimum atomic E-state index is -0.700. The number of rotatable bonds is 6. The molecule has 158 valence electrons. The molecular formula is C21H24N4O5. The molecule has 2 aliphatic rings. The summed E-state index contributed by atoms with van der Waals surface area (Å²) in [5.41, 5.74) is 4.35. The summed E-state index contributed by atoms with van der Waals surface area (Å²) in [5, 5.41) is 2.70. The van der Waals surface area contributed by atoms with Crippen molar-refractivity contribution in [3.63, 3.8) is 0 Å². The van der Waals surface area contributed by atoms with Gasteiger partial charge in [0.1, 0.15) is 5.65 Å². The van der Waals surface area contributed by atoms with E-state index in [-0.39, 0.29) is 23.3 Å². The average molecular weight is 412 g/mol. The largest absolute Gasteiger partial charge is 0.459 e. The second kappa shape index (κ2) is 8.68. The highest BCUT2D eigenvalue weighted by molar-refractivity contribution is 6.26. The molecule has 0 saturated carbocycles. The van der Waals surface area contributed by atoms with Crippen LogP contribution in [0.4, 0.5) is 0 Å². The maximum absolute atomic E-state index is 13.1. The van der Waals surface area contributed by atoms with Gasteiger partial charge in [-0.3, -0.25) is 10.2 Å². The van der Waals surface area contributed by atoms with Crippen molar-refractivity contribution in [1.82, 2.24) is 20.4 Å². The summed E-state index contributed by atoms with van der Waals surface area (Å²) in [4.78, 5) is 33.1. The lowest BCUT2D eigenvalue weighted by Crippen LogP contribution is -2.45. The maximum Gasteiger partial charge on any atom is 0.348 e. The summed E-state index contributed by atoms with van der Waals surface area (Å²) in [7, 11) is 0. The highest BCUT2D eigenvalue weighted by Gasteiger charge is 2.38. The third-order valence-electron chi connectivity index (χ3n) is 5.02. The highest BCUT2D eigenvalue weighted by Crippen LogP contribution is 2.28. The lowest BCUT2D eigenvalue weighted by molar-refractivity contribution is -0.144. The number of hydrogen-bond acceptors (Lipinski definition) is 8. The predicted molar refractivity (Wildman–Crippen MR) is 109 cm³/mol. The van der Waals surface area contributed by atoms with Crippen LogP contribution in [-0.4, -0.2) is 59.1 Å². The molecule has 0 aliphatic carbocycles. The number of hydrogen-bond donors (Lipinski definition) is 2. The Morgan fingerprint density at radius 1 is 1.43 bits per heavy atom. The molecule has 1 atom stereocenters. The summed E-state index contributed by atoms with van der Waals surface area (Å²) in [6, 6.07) is 3.71. The van der Waals surface area contributed by atoms with Crippen molar-refractivity contribution in [3.05, 3.63) is 47.3 Å². The van der Waals surface area contributed by atoms with Crippen molar-refractivity contribution >= 4 is 28.9 Å². The molecule has 9 nitrogen and oxygen atoms in total. The summed E-state index contributed by atoms with van der Waals surface area (Å²) in [6.07, 6.45) is 5.36. The molecule has 9 heteroatoms. The van der Waals surface area contributed by atoms with Gasteiger partial charge in [0.25, 0.3) is 0 Å². The molecule has 1 fully saturated rings. The van der Waals surface area contributed by atoms with Crippen molar-refractivity contribution in [1.29, 1.82) is 0 Å².